The Bertz CT molecular complexity index is 2370. The van der Waals surface area contributed by atoms with Crippen molar-refractivity contribution < 1.29 is 80.2 Å². The summed E-state index contributed by atoms with van der Waals surface area (Å²) >= 11 is 0. The smallest absolute Gasteiger partial charge is 0.462 e. The highest BCUT2D eigenvalue weighted by molar-refractivity contribution is 7.47. The zero-order chi connectivity index (χ0) is 73.2. The van der Waals surface area contributed by atoms with Crippen molar-refractivity contribution in [2.45, 2.75) is 329 Å². The molecule has 0 bridgehead atoms. The van der Waals surface area contributed by atoms with Gasteiger partial charge in [-0.3, -0.25) is 37.3 Å². The maximum Gasteiger partial charge on any atom is 0.472 e. The Labute approximate surface area is 606 Å². The lowest BCUT2D eigenvalue weighted by molar-refractivity contribution is -0.161. The molecule has 0 aromatic rings. The van der Waals surface area contributed by atoms with Crippen molar-refractivity contribution in [1.29, 1.82) is 0 Å². The summed E-state index contributed by atoms with van der Waals surface area (Å²) in [5, 5.41) is 10.6. The van der Waals surface area contributed by atoms with Gasteiger partial charge in [0, 0.05) is 19.3 Å². The largest absolute Gasteiger partial charge is 0.472 e. The average molecular weight is 1450 g/mol. The molecule has 3 N–H and O–H groups in total. The highest BCUT2D eigenvalue weighted by Gasteiger charge is 2.30. The van der Waals surface area contributed by atoms with Crippen molar-refractivity contribution >= 4 is 39.5 Å². The van der Waals surface area contributed by atoms with E-state index in [1.165, 1.54) is 70.6 Å². The quantitative estimate of drug-likeness (QED) is 0.0169. The molecule has 0 radical (unpaired) electrons. The van der Waals surface area contributed by atoms with Crippen LogP contribution in [-0.4, -0.2) is 96.7 Å². The van der Waals surface area contributed by atoms with Gasteiger partial charge in [-0.05, 0) is 116 Å². The van der Waals surface area contributed by atoms with Gasteiger partial charge in [-0.2, -0.15) is 0 Å². The number of unbranched alkanes of at least 4 members (excludes halogenated alkanes) is 27. The molecule has 0 aliphatic rings. The molecule has 0 aliphatic carbocycles. The van der Waals surface area contributed by atoms with Crippen molar-refractivity contribution in [3.8, 4) is 0 Å². The first kappa shape index (κ1) is 95.5. The van der Waals surface area contributed by atoms with Crippen LogP contribution >= 0.6 is 15.6 Å². The molecule has 5 unspecified atom stereocenters. The molecule has 17 nitrogen and oxygen atoms in total. The van der Waals surface area contributed by atoms with E-state index in [9.17, 15) is 43.2 Å². The fraction of sp³-hybridized carbons (Fsp3) is 0.704. The molecular formula is C81H138O17P2. The molecule has 0 aromatic carbocycles. The van der Waals surface area contributed by atoms with Crippen LogP contribution in [0.25, 0.3) is 0 Å². The Balaban J connectivity index is 5.42. The molecule has 100 heavy (non-hydrogen) atoms. The van der Waals surface area contributed by atoms with Crippen molar-refractivity contribution in [3.05, 3.63) is 122 Å². The number of rotatable bonds is 72. The minimum absolute atomic E-state index is 0.0579. The van der Waals surface area contributed by atoms with E-state index in [2.05, 4.69) is 125 Å². The molecule has 0 amide bonds. The summed E-state index contributed by atoms with van der Waals surface area (Å²) in [5.41, 5.74) is 0. The minimum atomic E-state index is -5.00. The lowest BCUT2D eigenvalue weighted by Gasteiger charge is -2.21. The Hall–Kier alpha value is -4.54. The average Bonchev–Trinajstić information content (AvgIpc) is 0.988. The number of ether oxygens (including phenoxy) is 4. The number of hydrogen-bond donors (Lipinski definition) is 3. The van der Waals surface area contributed by atoms with E-state index < -0.39 is 97.5 Å². The number of hydrogen-bond acceptors (Lipinski definition) is 15. The zero-order valence-electron chi connectivity index (χ0n) is 62.6. The van der Waals surface area contributed by atoms with Crippen LogP contribution in [0.3, 0.4) is 0 Å². The van der Waals surface area contributed by atoms with Gasteiger partial charge in [-0.1, -0.05) is 290 Å². The summed E-state index contributed by atoms with van der Waals surface area (Å²) < 4.78 is 68.4. The first-order chi connectivity index (χ1) is 48.7. The number of aliphatic hydroxyl groups excluding tert-OH is 1. The lowest BCUT2D eigenvalue weighted by Crippen LogP contribution is -2.30. The molecular weight excluding hydrogens is 1310 g/mol. The third-order valence-electron chi connectivity index (χ3n) is 16.0. The first-order valence-corrected chi connectivity index (χ1v) is 41.8. The van der Waals surface area contributed by atoms with E-state index in [0.29, 0.717) is 25.7 Å². The van der Waals surface area contributed by atoms with Gasteiger partial charge >= 0.3 is 39.5 Å². The summed E-state index contributed by atoms with van der Waals surface area (Å²) in [6.45, 7) is 4.50. The van der Waals surface area contributed by atoms with E-state index in [-0.39, 0.29) is 25.7 Å². The molecule has 5 atom stereocenters. The van der Waals surface area contributed by atoms with Crippen LogP contribution in [-0.2, 0) is 65.4 Å². The Morgan fingerprint density at radius 1 is 0.300 bits per heavy atom. The highest BCUT2D eigenvalue weighted by atomic mass is 31.2. The van der Waals surface area contributed by atoms with Gasteiger partial charge in [-0.25, -0.2) is 9.13 Å². The van der Waals surface area contributed by atoms with Crippen LogP contribution in [0.5, 0.6) is 0 Å². The third kappa shape index (κ3) is 71.8. The third-order valence-corrected chi connectivity index (χ3v) is 17.9. The Morgan fingerprint density at radius 3 is 0.910 bits per heavy atom. The Morgan fingerprint density at radius 2 is 0.560 bits per heavy atom. The van der Waals surface area contributed by atoms with Crippen molar-refractivity contribution in [2.75, 3.05) is 39.6 Å². The van der Waals surface area contributed by atoms with Gasteiger partial charge in [0.25, 0.3) is 0 Å². The predicted molar refractivity (Wildman–Crippen MR) is 408 cm³/mol. The second-order valence-electron chi connectivity index (χ2n) is 25.6. The number of esters is 4. The molecule has 0 aliphatic heterocycles. The lowest BCUT2D eigenvalue weighted by atomic mass is 10.0. The van der Waals surface area contributed by atoms with Crippen LogP contribution in [0, 0.1) is 0 Å². The fourth-order valence-electron chi connectivity index (χ4n) is 10.1. The number of aliphatic hydroxyl groups is 1. The molecule has 0 fully saturated rings. The minimum Gasteiger partial charge on any atom is -0.462 e. The normalized spacial score (nSPS) is 14.6. The van der Waals surface area contributed by atoms with Crippen LogP contribution < -0.4 is 0 Å². The molecule has 0 rings (SSSR count). The molecule has 0 saturated carbocycles. The summed E-state index contributed by atoms with van der Waals surface area (Å²) in [4.78, 5) is 72.8. The highest BCUT2D eigenvalue weighted by Crippen LogP contribution is 2.45. The molecule has 0 saturated heterocycles. The van der Waals surface area contributed by atoms with Gasteiger partial charge < -0.3 is 33.8 Å². The van der Waals surface area contributed by atoms with Crippen LogP contribution in [0.15, 0.2) is 122 Å². The summed E-state index contributed by atoms with van der Waals surface area (Å²) in [6, 6.07) is 0. The van der Waals surface area contributed by atoms with Gasteiger partial charge in [0.2, 0.25) is 0 Å². The maximum absolute atomic E-state index is 13.1. The second kappa shape index (κ2) is 72.8. The second-order valence-corrected chi connectivity index (χ2v) is 28.5. The SMILES string of the molecule is CC/C=C\C/C=C\C/C=C\C/C=C\C/C=C\CC(=O)OCC(COP(=O)(O)OCC(O)COP(=O)(O)OCC(COC(=O)CCCCCCCCC/C=C\C/C=C\C/C=C\CC)OC(=O)CCCCCCCCCCCCCCC)OC(=O)CCCCCCC/C=C\C/C=C\CCCCC. The number of carbonyl (C=O) groups excluding carboxylic acids is 4. The van der Waals surface area contributed by atoms with E-state index >= 15 is 0 Å². The maximum atomic E-state index is 13.1. The summed E-state index contributed by atoms with van der Waals surface area (Å²) in [7, 11) is -9.98. The number of carbonyl (C=O) groups is 4. The van der Waals surface area contributed by atoms with E-state index in [4.69, 9.17) is 37.0 Å². The first-order valence-electron chi connectivity index (χ1n) is 38.8. The Kier molecular flexibility index (Phi) is 69.5. The van der Waals surface area contributed by atoms with E-state index in [1.807, 2.05) is 18.2 Å². The molecule has 0 spiro atoms. The standard InChI is InChI=1S/C81H138O17P2/c1-5-9-13-17-21-25-29-33-36-37-40-43-46-50-54-58-62-66-79(84)92-71-76(97-80(85)67-63-59-55-51-47-41-32-28-24-20-16-12-8-4)73-95-99(87,88)93-69-75(82)70-94-100(89,90)96-74-77(98-81(86)68-64-60-56-52-48-44-39-35-31-27-23-19-15-11-7-3)72-91-78(83)65-61-57-53-49-45-42-38-34-30-26-22-18-14-10-6-2/h9-10,13-14,21-23,25-27,33-36,38-39,45,49,57,61,75-77,82H,5-8,11-12,15-20,24,28-32,37,40-44,46-48,50-56,58-60,62-74H2,1-4H3,(H,87,88)(H,89,90)/b13-9-,14-10-,25-21-,26-22-,27-23-,36-33-,38-34-,39-35-,49-45-,61-57-. The number of allylic oxidation sites excluding steroid dienone is 19. The van der Waals surface area contributed by atoms with Crippen LogP contribution in [0.4, 0.5) is 0 Å². The molecule has 0 heterocycles. The van der Waals surface area contributed by atoms with Gasteiger partial charge in [0.05, 0.1) is 32.8 Å². The van der Waals surface area contributed by atoms with Crippen molar-refractivity contribution in [2.24, 2.45) is 0 Å². The van der Waals surface area contributed by atoms with Gasteiger partial charge in [0.15, 0.2) is 12.2 Å². The topological polar surface area (TPSA) is 237 Å². The summed E-state index contributed by atoms with van der Waals surface area (Å²) in [5.74, 6) is -2.34. The summed E-state index contributed by atoms with van der Waals surface area (Å²) in [6.07, 6.45) is 79.3. The predicted octanol–water partition coefficient (Wildman–Crippen LogP) is 22.3. The van der Waals surface area contributed by atoms with E-state index in [0.717, 1.165) is 161 Å². The fourth-order valence-corrected chi connectivity index (χ4v) is 11.7. The van der Waals surface area contributed by atoms with Crippen molar-refractivity contribution in [3.63, 3.8) is 0 Å². The zero-order valence-corrected chi connectivity index (χ0v) is 64.4. The van der Waals surface area contributed by atoms with E-state index in [1.54, 1.807) is 6.08 Å². The van der Waals surface area contributed by atoms with Crippen LogP contribution in [0.2, 0.25) is 0 Å². The number of phosphoric acid groups is 2. The van der Waals surface area contributed by atoms with Gasteiger partial charge in [-0.15, -0.1) is 0 Å². The monoisotopic (exact) mass is 1440 g/mol. The molecule has 19 heteroatoms. The molecule has 574 valence electrons. The van der Waals surface area contributed by atoms with Crippen molar-refractivity contribution in [1.82, 2.24) is 0 Å². The van der Waals surface area contributed by atoms with Gasteiger partial charge in [0.1, 0.15) is 19.3 Å². The number of phosphoric ester groups is 2. The molecule has 0 aromatic heterocycles. The van der Waals surface area contributed by atoms with Crippen LogP contribution in [0.1, 0.15) is 310 Å².